The standard InChI is InChI=1S/C17H12FN5S2/c1-2-7-23-10-21-22-17(23)25-16-14-13(8-24-15(14)19-9-20-16)11-3-5-12(18)6-4-11/h2-6,8-10H,1,7H2. The van der Waals surface area contributed by atoms with Gasteiger partial charge in [-0.3, -0.25) is 0 Å². The molecule has 4 aromatic rings. The van der Waals surface area contributed by atoms with E-state index in [-0.39, 0.29) is 5.82 Å². The zero-order valence-electron chi connectivity index (χ0n) is 13.0. The molecule has 1 aromatic carbocycles. The Morgan fingerprint density at radius 2 is 2.08 bits per heavy atom. The Labute approximate surface area is 151 Å². The third-order valence-corrected chi connectivity index (χ3v) is 5.47. The van der Waals surface area contributed by atoms with Gasteiger partial charge in [0.05, 0.1) is 5.39 Å². The van der Waals surface area contributed by atoms with E-state index in [2.05, 4.69) is 26.7 Å². The first-order chi connectivity index (χ1) is 12.3. The molecule has 0 aliphatic rings. The maximum atomic E-state index is 13.2. The van der Waals surface area contributed by atoms with E-state index in [9.17, 15) is 4.39 Å². The molecule has 3 heterocycles. The lowest BCUT2D eigenvalue weighted by atomic mass is 10.1. The third-order valence-electron chi connectivity index (χ3n) is 3.58. The largest absolute Gasteiger partial charge is 0.304 e. The molecule has 8 heteroatoms. The fourth-order valence-corrected chi connectivity index (χ4v) is 4.33. The van der Waals surface area contributed by atoms with Crippen molar-refractivity contribution < 1.29 is 4.39 Å². The van der Waals surface area contributed by atoms with Crippen molar-refractivity contribution in [3.05, 3.63) is 60.8 Å². The lowest BCUT2D eigenvalue weighted by Gasteiger charge is -2.06. The second kappa shape index (κ2) is 6.73. The highest BCUT2D eigenvalue weighted by Crippen LogP contribution is 2.39. The summed E-state index contributed by atoms with van der Waals surface area (Å²) in [5, 5.41) is 12.6. The Morgan fingerprint density at radius 1 is 1.24 bits per heavy atom. The van der Waals surface area contributed by atoms with Gasteiger partial charge in [-0.05, 0) is 29.5 Å². The van der Waals surface area contributed by atoms with Gasteiger partial charge in [0.15, 0.2) is 5.16 Å². The number of benzene rings is 1. The summed E-state index contributed by atoms with van der Waals surface area (Å²) in [5.41, 5.74) is 1.91. The molecule has 0 spiro atoms. The lowest BCUT2D eigenvalue weighted by Crippen LogP contribution is -1.96. The van der Waals surface area contributed by atoms with Gasteiger partial charge in [0, 0.05) is 17.5 Å². The minimum absolute atomic E-state index is 0.258. The van der Waals surface area contributed by atoms with Crippen molar-refractivity contribution in [3.8, 4) is 11.1 Å². The summed E-state index contributed by atoms with van der Waals surface area (Å²) < 4.78 is 15.1. The van der Waals surface area contributed by atoms with Crippen LogP contribution in [0.1, 0.15) is 0 Å². The van der Waals surface area contributed by atoms with Crippen LogP contribution in [0.25, 0.3) is 21.3 Å². The topological polar surface area (TPSA) is 56.5 Å². The molecule has 3 aromatic heterocycles. The summed E-state index contributed by atoms with van der Waals surface area (Å²) in [5.74, 6) is -0.258. The van der Waals surface area contributed by atoms with E-state index in [0.29, 0.717) is 6.54 Å². The van der Waals surface area contributed by atoms with Gasteiger partial charge in [0.1, 0.15) is 28.3 Å². The van der Waals surface area contributed by atoms with E-state index in [1.807, 2.05) is 9.95 Å². The SMILES string of the molecule is C=CCn1cnnc1Sc1ncnc2scc(-c3ccc(F)cc3)c12. The van der Waals surface area contributed by atoms with Gasteiger partial charge in [0.2, 0.25) is 0 Å². The normalized spacial score (nSPS) is 11.1. The number of aromatic nitrogens is 5. The van der Waals surface area contributed by atoms with Crippen molar-refractivity contribution in [2.45, 2.75) is 16.7 Å². The molecule has 0 radical (unpaired) electrons. The molecule has 0 saturated heterocycles. The third kappa shape index (κ3) is 3.06. The molecule has 0 bridgehead atoms. The summed E-state index contributed by atoms with van der Waals surface area (Å²) in [6.45, 7) is 4.37. The highest BCUT2D eigenvalue weighted by atomic mass is 32.2. The predicted molar refractivity (Wildman–Crippen MR) is 97.2 cm³/mol. The van der Waals surface area contributed by atoms with Gasteiger partial charge >= 0.3 is 0 Å². The van der Waals surface area contributed by atoms with Gasteiger partial charge < -0.3 is 4.57 Å². The molecule has 4 rings (SSSR count). The fourth-order valence-electron chi connectivity index (χ4n) is 2.44. The Bertz CT molecular complexity index is 1040. The van der Waals surface area contributed by atoms with Gasteiger partial charge in [0.25, 0.3) is 0 Å². The number of fused-ring (bicyclic) bond motifs is 1. The van der Waals surface area contributed by atoms with Crippen LogP contribution in [0.3, 0.4) is 0 Å². The van der Waals surface area contributed by atoms with Crippen LogP contribution in [0.4, 0.5) is 4.39 Å². The summed E-state index contributed by atoms with van der Waals surface area (Å²) in [4.78, 5) is 9.67. The summed E-state index contributed by atoms with van der Waals surface area (Å²) in [7, 11) is 0. The van der Waals surface area contributed by atoms with Gasteiger partial charge in [-0.1, -0.05) is 18.2 Å². The summed E-state index contributed by atoms with van der Waals surface area (Å²) >= 11 is 2.97. The highest BCUT2D eigenvalue weighted by Gasteiger charge is 2.16. The van der Waals surface area contributed by atoms with Crippen LogP contribution in [0.2, 0.25) is 0 Å². The Kier molecular flexibility index (Phi) is 4.29. The Balaban J connectivity index is 1.81. The van der Waals surface area contributed by atoms with E-state index < -0.39 is 0 Å². The molecule has 0 N–H and O–H groups in total. The molecule has 0 saturated carbocycles. The molecule has 5 nitrogen and oxygen atoms in total. The number of halogens is 1. The first-order valence-corrected chi connectivity index (χ1v) is 9.10. The average Bonchev–Trinajstić information content (AvgIpc) is 3.24. The molecule has 124 valence electrons. The van der Waals surface area contributed by atoms with Crippen molar-refractivity contribution in [2.75, 3.05) is 0 Å². The van der Waals surface area contributed by atoms with Gasteiger partial charge in [-0.25, -0.2) is 14.4 Å². The van der Waals surface area contributed by atoms with E-state index in [4.69, 9.17) is 0 Å². The molecule has 0 atom stereocenters. The van der Waals surface area contributed by atoms with Crippen LogP contribution in [0.15, 0.2) is 65.1 Å². The van der Waals surface area contributed by atoms with Crippen LogP contribution >= 0.6 is 23.1 Å². The quantitative estimate of drug-likeness (QED) is 0.385. The fraction of sp³-hybridized carbons (Fsp3) is 0.0588. The molecular formula is C17H12FN5S2. The van der Waals surface area contributed by atoms with Crippen LogP contribution in [0.5, 0.6) is 0 Å². The predicted octanol–water partition coefficient (Wildman–Crippen LogP) is 4.43. The maximum absolute atomic E-state index is 13.2. The number of hydrogen-bond donors (Lipinski definition) is 0. The first kappa shape index (κ1) is 15.9. The van der Waals surface area contributed by atoms with E-state index >= 15 is 0 Å². The molecule has 0 amide bonds. The van der Waals surface area contributed by atoms with Crippen molar-refractivity contribution in [2.24, 2.45) is 0 Å². The molecule has 0 aliphatic heterocycles. The lowest BCUT2D eigenvalue weighted by molar-refractivity contribution is 0.628. The second-order valence-corrected chi connectivity index (χ2v) is 6.99. The van der Waals surface area contributed by atoms with Crippen molar-refractivity contribution in [3.63, 3.8) is 0 Å². The molecule has 25 heavy (non-hydrogen) atoms. The van der Waals surface area contributed by atoms with Crippen LogP contribution in [-0.2, 0) is 6.54 Å². The van der Waals surface area contributed by atoms with Crippen molar-refractivity contribution in [1.82, 2.24) is 24.7 Å². The van der Waals surface area contributed by atoms with Crippen LogP contribution in [0, 0.1) is 5.82 Å². The number of thiophene rings is 1. The zero-order chi connectivity index (χ0) is 17.2. The van der Waals surface area contributed by atoms with E-state index in [0.717, 1.165) is 31.5 Å². The van der Waals surface area contributed by atoms with Gasteiger partial charge in [-0.2, -0.15) is 0 Å². The van der Waals surface area contributed by atoms with Crippen molar-refractivity contribution >= 4 is 33.3 Å². The Hall–Kier alpha value is -2.58. The molecular weight excluding hydrogens is 357 g/mol. The van der Waals surface area contributed by atoms with E-state index in [1.165, 1.54) is 35.2 Å². The second-order valence-electron chi connectivity index (χ2n) is 5.17. The van der Waals surface area contributed by atoms with E-state index in [1.54, 1.807) is 30.9 Å². The van der Waals surface area contributed by atoms with Crippen LogP contribution in [-0.4, -0.2) is 24.7 Å². The number of hydrogen-bond acceptors (Lipinski definition) is 6. The minimum atomic E-state index is -0.258. The first-order valence-electron chi connectivity index (χ1n) is 7.41. The molecule has 0 fully saturated rings. The van der Waals surface area contributed by atoms with Crippen LogP contribution < -0.4 is 0 Å². The van der Waals surface area contributed by atoms with Gasteiger partial charge in [-0.15, -0.1) is 28.1 Å². The zero-order valence-corrected chi connectivity index (χ0v) is 14.6. The summed E-state index contributed by atoms with van der Waals surface area (Å²) in [6, 6.07) is 6.43. The number of nitrogens with zero attached hydrogens (tertiary/aromatic N) is 5. The smallest absolute Gasteiger partial charge is 0.197 e. The molecule has 0 aliphatic carbocycles. The Morgan fingerprint density at radius 3 is 2.88 bits per heavy atom. The number of rotatable bonds is 5. The average molecular weight is 369 g/mol. The monoisotopic (exact) mass is 369 g/mol. The number of allylic oxidation sites excluding steroid dienone is 1. The molecule has 0 unspecified atom stereocenters. The minimum Gasteiger partial charge on any atom is -0.304 e. The maximum Gasteiger partial charge on any atom is 0.197 e. The van der Waals surface area contributed by atoms with Crippen molar-refractivity contribution in [1.29, 1.82) is 0 Å². The summed E-state index contributed by atoms with van der Waals surface area (Å²) in [6.07, 6.45) is 5.00. The highest BCUT2D eigenvalue weighted by molar-refractivity contribution is 7.99.